The van der Waals surface area contributed by atoms with Gasteiger partial charge in [0, 0.05) is 35.1 Å². The molecule has 3 aromatic rings. The van der Waals surface area contributed by atoms with Crippen molar-refractivity contribution < 1.29 is 9.53 Å². The number of carbonyl (C=O) groups excluding carboxylic acids is 1. The van der Waals surface area contributed by atoms with Crippen LogP contribution in [0.5, 0.6) is 0 Å². The van der Waals surface area contributed by atoms with Gasteiger partial charge in [0.1, 0.15) is 0 Å². The Bertz CT molecular complexity index is 956. The highest BCUT2D eigenvalue weighted by Gasteiger charge is 2.12. The summed E-state index contributed by atoms with van der Waals surface area (Å²) in [5.41, 5.74) is 2.79. The molecule has 29 heavy (non-hydrogen) atoms. The third kappa shape index (κ3) is 5.29. The van der Waals surface area contributed by atoms with Crippen molar-refractivity contribution in [3.8, 4) is 11.4 Å². The third-order valence-electron chi connectivity index (χ3n) is 4.44. The number of aromatic amines is 1. The molecule has 0 radical (unpaired) electrons. The molecule has 2 N–H and O–H groups in total. The summed E-state index contributed by atoms with van der Waals surface area (Å²) in [5.74, 6) is 0.763. The average Bonchev–Trinajstić information content (AvgIpc) is 3.23. The maximum atomic E-state index is 12.2. The topological polar surface area (TPSA) is 83.1 Å². The number of aromatic nitrogens is 3. The van der Waals surface area contributed by atoms with E-state index < -0.39 is 0 Å². The zero-order chi connectivity index (χ0) is 20.1. The number of nitrogens with one attached hydrogen (secondary N) is 2. The molecule has 0 aliphatic carbocycles. The van der Waals surface area contributed by atoms with E-state index in [0.29, 0.717) is 16.0 Å². The summed E-state index contributed by atoms with van der Waals surface area (Å²) in [4.78, 5) is 18.9. The molecule has 0 bridgehead atoms. The van der Waals surface area contributed by atoms with Gasteiger partial charge in [0.2, 0.25) is 11.1 Å². The highest BCUT2D eigenvalue weighted by Crippen LogP contribution is 2.22. The second-order valence-electron chi connectivity index (χ2n) is 6.46. The van der Waals surface area contributed by atoms with Crippen LogP contribution in [0.25, 0.3) is 11.4 Å². The number of benzene rings is 2. The second kappa shape index (κ2) is 9.30. The van der Waals surface area contributed by atoms with Crippen LogP contribution in [0.15, 0.2) is 53.7 Å². The normalized spacial score (nSPS) is 14.0. The fourth-order valence-corrected chi connectivity index (χ4v) is 3.68. The number of rotatable bonds is 6. The summed E-state index contributed by atoms with van der Waals surface area (Å²) in [6.45, 7) is 3.27. The van der Waals surface area contributed by atoms with E-state index in [1.807, 2.05) is 36.4 Å². The quantitative estimate of drug-likeness (QED) is 0.581. The Labute approximate surface area is 177 Å². The molecule has 1 aliphatic heterocycles. The van der Waals surface area contributed by atoms with Crippen LogP contribution < -0.4 is 10.2 Å². The fourth-order valence-electron chi connectivity index (χ4n) is 2.95. The van der Waals surface area contributed by atoms with Crippen molar-refractivity contribution in [3.63, 3.8) is 0 Å². The van der Waals surface area contributed by atoms with Crippen molar-refractivity contribution in [2.75, 3.05) is 42.3 Å². The van der Waals surface area contributed by atoms with Crippen molar-refractivity contribution in [2.24, 2.45) is 0 Å². The molecule has 1 amide bonds. The molecule has 9 heteroatoms. The lowest BCUT2D eigenvalue weighted by molar-refractivity contribution is -0.113. The van der Waals surface area contributed by atoms with E-state index in [0.717, 1.165) is 43.2 Å². The number of hydrogen-bond donors (Lipinski definition) is 2. The minimum atomic E-state index is -0.105. The Kier molecular flexibility index (Phi) is 6.33. The molecule has 2 heterocycles. The van der Waals surface area contributed by atoms with Crippen molar-refractivity contribution in [1.29, 1.82) is 0 Å². The van der Waals surface area contributed by atoms with Gasteiger partial charge in [-0.2, -0.15) is 0 Å². The first-order chi connectivity index (χ1) is 14.2. The second-order valence-corrected chi connectivity index (χ2v) is 7.84. The van der Waals surface area contributed by atoms with E-state index >= 15 is 0 Å². The van der Waals surface area contributed by atoms with E-state index in [1.54, 1.807) is 12.1 Å². The lowest BCUT2D eigenvalue weighted by atomic mass is 10.2. The Balaban J connectivity index is 1.28. The van der Waals surface area contributed by atoms with Gasteiger partial charge in [-0.1, -0.05) is 23.4 Å². The van der Waals surface area contributed by atoms with E-state index in [1.165, 1.54) is 11.8 Å². The van der Waals surface area contributed by atoms with Gasteiger partial charge >= 0.3 is 0 Å². The number of amides is 1. The first-order valence-corrected chi connectivity index (χ1v) is 10.6. The molecule has 0 spiro atoms. The molecular formula is C20H20ClN5O2S. The summed E-state index contributed by atoms with van der Waals surface area (Å²) < 4.78 is 5.37. The van der Waals surface area contributed by atoms with Gasteiger partial charge < -0.3 is 15.0 Å². The average molecular weight is 430 g/mol. The van der Waals surface area contributed by atoms with Gasteiger partial charge in [0.25, 0.3) is 0 Å². The van der Waals surface area contributed by atoms with E-state index in [9.17, 15) is 4.79 Å². The standard InChI is InChI=1S/C20H20ClN5O2S/c21-15-3-1-14(2-4-15)19-23-20(25-24-19)29-13-18(27)22-16-5-7-17(8-6-16)26-9-11-28-12-10-26/h1-8H,9-13H2,(H,22,27)(H,23,24,25). The predicted octanol–water partition coefficient (Wildman–Crippen LogP) is 3.69. The van der Waals surface area contributed by atoms with Crippen LogP contribution in [-0.2, 0) is 9.53 Å². The number of thioether (sulfide) groups is 1. The first kappa shape index (κ1) is 19.8. The van der Waals surface area contributed by atoms with Gasteiger partial charge in [-0.05, 0) is 48.5 Å². The van der Waals surface area contributed by atoms with Crippen LogP contribution in [0.2, 0.25) is 5.02 Å². The lowest BCUT2D eigenvalue weighted by Gasteiger charge is -2.28. The van der Waals surface area contributed by atoms with Gasteiger partial charge in [-0.15, -0.1) is 5.10 Å². The van der Waals surface area contributed by atoms with Crippen molar-refractivity contribution >= 4 is 40.6 Å². The first-order valence-electron chi connectivity index (χ1n) is 9.21. The van der Waals surface area contributed by atoms with Gasteiger partial charge in [-0.25, -0.2) is 4.98 Å². The van der Waals surface area contributed by atoms with Crippen LogP contribution in [0, 0.1) is 0 Å². The number of morpholine rings is 1. The number of halogens is 1. The number of carbonyl (C=O) groups is 1. The summed E-state index contributed by atoms with van der Waals surface area (Å²) in [5, 5.41) is 11.1. The minimum Gasteiger partial charge on any atom is -0.378 e. The zero-order valence-electron chi connectivity index (χ0n) is 15.6. The number of anilines is 2. The lowest BCUT2D eigenvalue weighted by Crippen LogP contribution is -2.36. The van der Waals surface area contributed by atoms with Crippen LogP contribution in [0.1, 0.15) is 0 Å². The minimum absolute atomic E-state index is 0.105. The van der Waals surface area contributed by atoms with E-state index in [-0.39, 0.29) is 11.7 Å². The van der Waals surface area contributed by atoms with Crippen molar-refractivity contribution in [3.05, 3.63) is 53.6 Å². The maximum Gasteiger partial charge on any atom is 0.234 e. The summed E-state index contributed by atoms with van der Waals surface area (Å²) in [6, 6.07) is 15.2. The number of H-pyrrole nitrogens is 1. The van der Waals surface area contributed by atoms with Crippen molar-refractivity contribution in [2.45, 2.75) is 5.16 Å². The molecule has 0 atom stereocenters. The molecule has 1 aliphatic rings. The molecule has 2 aromatic carbocycles. The third-order valence-corrected chi connectivity index (χ3v) is 5.54. The molecule has 0 unspecified atom stereocenters. The SMILES string of the molecule is O=C(CSc1n[nH]c(-c2ccc(Cl)cc2)n1)Nc1ccc(N2CCOCC2)cc1. The smallest absolute Gasteiger partial charge is 0.234 e. The Morgan fingerprint density at radius 2 is 1.86 bits per heavy atom. The molecule has 1 aromatic heterocycles. The Morgan fingerprint density at radius 3 is 2.59 bits per heavy atom. The highest BCUT2D eigenvalue weighted by molar-refractivity contribution is 7.99. The Morgan fingerprint density at radius 1 is 1.14 bits per heavy atom. The zero-order valence-corrected chi connectivity index (χ0v) is 17.2. The van der Waals surface area contributed by atoms with E-state index in [2.05, 4.69) is 25.4 Å². The number of nitrogens with zero attached hydrogens (tertiary/aromatic N) is 3. The monoisotopic (exact) mass is 429 g/mol. The maximum absolute atomic E-state index is 12.2. The predicted molar refractivity (Wildman–Crippen MR) is 116 cm³/mol. The molecule has 1 fully saturated rings. The van der Waals surface area contributed by atoms with E-state index in [4.69, 9.17) is 16.3 Å². The van der Waals surface area contributed by atoms with Crippen LogP contribution >= 0.6 is 23.4 Å². The van der Waals surface area contributed by atoms with Crippen molar-refractivity contribution in [1.82, 2.24) is 15.2 Å². The molecule has 0 saturated carbocycles. The van der Waals surface area contributed by atoms with Crippen LogP contribution in [0.3, 0.4) is 0 Å². The van der Waals surface area contributed by atoms with Gasteiger partial charge in [0.15, 0.2) is 5.82 Å². The van der Waals surface area contributed by atoms with Gasteiger partial charge in [-0.3, -0.25) is 9.89 Å². The number of ether oxygens (including phenoxy) is 1. The molecule has 1 saturated heterocycles. The summed E-state index contributed by atoms with van der Waals surface area (Å²) >= 11 is 7.18. The largest absolute Gasteiger partial charge is 0.378 e. The number of hydrogen-bond acceptors (Lipinski definition) is 6. The van der Waals surface area contributed by atoms with Crippen LogP contribution in [-0.4, -0.2) is 53.1 Å². The summed E-state index contributed by atoms with van der Waals surface area (Å²) in [6.07, 6.45) is 0. The summed E-state index contributed by atoms with van der Waals surface area (Å²) in [7, 11) is 0. The molecule has 7 nitrogen and oxygen atoms in total. The highest BCUT2D eigenvalue weighted by atomic mass is 35.5. The fraction of sp³-hybridized carbons (Fsp3) is 0.250. The molecule has 4 rings (SSSR count). The van der Waals surface area contributed by atoms with Gasteiger partial charge in [0.05, 0.1) is 19.0 Å². The van der Waals surface area contributed by atoms with Crippen LogP contribution in [0.4, 0.5) is 11.4 Å². The molecule has 150 valence electrons. The Hall–Kier alpha value is -2.55. The molecular weight excluding hydrogens is 410 g/mol.